The number of amides is 1. The van der Waals surface area contributed by atoms with Crippen LogP contribution in [0, 0.1) is 5.92 Å². The number of nitrogens with zero attached hydrogens (tertiary/aromatic N) is 3. The van der Waals surface area contributed by atoms with E-state index in [1.165, 1.54) is 26.3 Å². The molecule has 1 saturated heterocycles. The largest absolute Gasteiger partial charge is 0.469 e. The number of esters is 1. The van der Waals surface area contributed by atoms with E-state index < -0.39 is 0 Å². The Balaban J connectivity index is 2.03. The quantitative estimate of drug-likeness (QED) is 0.701. The second kappa shape index (κ2) is 5.85. The van der Waals surface area contributed by atoms with Crippen molar-refractivity contribution in [3.05, 3.63) is 28.2 Å². The highest BCUT2D eigenvalue weighted by molar-refractivity contribution is 5.92. The number of hydrogen-bond donors (Lipinski definition) is 0. The van der Waals surface area contributed by atoms with E-state index in [4.69, 9.17) is 4.74 Å². The molecule has 20 heavy (non-hydrogen) atoms. The summed E-state index contributed by atoms with van der Waals surface area (Å²) in [5.74, 6) is -0.585. The summed E-state index contributed by atoms with van der Waals surface area (Å²) in [4.78, 5) is 36.6. The molecule has 0 unspecified atom stereocenters. The van der Waals surface area contributed by atoms with Crippen LogP contribution in [-0.2, 0) is 16.6 Å². The standard InChI is InChI=1S/C13H17N3O4/c1-15-11(17)4-3-10(14-15)12(18)16-7-5-9(6-8-16)13(19)20-2/h3-4,9H,5-8H2,1-2H3. The van der Waals surface area contributed by atoms with Gasteiger partial charge in [0.1, 0.15) is 5.69 Å². The third-order valence-electron chi connectivity index (χ3n) is 3.50. The minimum absolute atomic E-state index is 0.142. The van der Waals surface area contributed by atoms with Crippen molar-refractivity contribution in [3.63, 3.8) is 0 Å². The summed E-state index contributed by atoms with van der Waals surface area (Å²) < 4.78 is 5.84. The first-order chi connectivity index (χ1) is 9.52. The minimum atomic E-state index is -0.258. The topological polar surface area (TPSA) is 81.5 Å². The molecular formula is C13H17N3O4. The summed E-state index contributed by atoms with van der Waals surface area (Å²) in [5, 5.41) is 3.94. The smallest absolute Gasteiger partial charge is 0.308 e. The summed E-state index contributed by atoms with van der Waals surface area (Å²) in [6.45, 7) is 0.978. The van der Waals surface area contributed by atoms with Crippen molar-refractivity contribution in [3.8, 4) is 0 Å². The molecular weight excluding hydrogens is 262 g/mol. The Kier molecular flexibility index (Phi) is 4.16. The number of hydrogen-bond acceptors (Lipinski definition) is 5. The highest BCUT2D eigenvalue weighted by atomic mass is 16.5. The highest BCUT2D eigenvalue weighted by Crippen LogP contribution is 2.19. The van der Waals surface area contributed by atoms with E-state index >= 15 is 0 Å². The fourth-order valence-corrected chi connectivity index (χ4v) is 2.26. The van der Waals surface area contributed by atoms with Crippen LogP contribution in [-0.4, -0.2) is 46.8 Å². The third-order valence-corrected chi connectivity index (χ3v) is 3.50. The number of methoxy groups -OCH3 is 1. The molecule has 1 aromatic heterocycles. The molecule has 0 spiro atoms. The Morgan fingerprint density at radius 2 is 1.95 bits per heavy atom. The van der Waals surface area contributed by atoms with E-state index in [0.29, 0.717) is 25.9 Å². The van der Waals surface area contributed by atoms with Gasteiger partial charge in [0.2, 0.25) is 0 Å². The van der Waals surface area contributed by atoms with Crippen LogP contribution >= 0.6 is 0 Å². The Morgan fingerprint density at radius 3 is 2.50 bits per heavy atom. The van der Waals surface area contributed by atoms with Crippen molar-refractivity contribution in [2.24, 2.45) is 13.0 Å². The average molecular weight is 279 g/mol. The molecule has 108 valence electrons. The summed E-state index contributed by atoms with van der Waals surface area (Å²) in [7, 11) is 2.87. The lowest BCUT2D eigenvalue weighted by molar-refractivity contribution is -0.146. The highest BCUT2D eigenvalue weighted by Gasteiger charge is 2.28. The molecule has 2 rings (SSSR count). The van der Waals surface area contributed by atoms with E-state index in [1.807, 2.05) is 0 Å². The number of aromatic nitrogens is 2. The maximum absolute atomic E-state index is 12.2. The zero-order valence-electron chi connectivity index (χ0n) is 11.5. The van der Waals surface area contributed by atoms with E-state index in [1.54, 1.807) is 4.90 Å². The zero-order valence-corrected chi connectivity index (χ0v) is 11.5. The first-order valence-corrected chi connectivity index (χ1v) is 6.44. The molecule has 1 aliphatic heterocycles. The van der Waals surface area contributed by atoms with Crippen LogP contribution in [0.4, 0.5) is 0 Å². The van der Waals surface area contributed by atoms with Crippen LogP contribution in [0.1, 0.15) is 23.3 Å². The van der Waals surface area contributed by atoms with Gasteiger partial charge in [-0.2, -0.15) is 5.10 Å². The van der Waals surface area contributed by atoms with Crippen LogP contribution < -0.4 is 5.56 Å². The van der Waals surface area contributed by atoms with Gasteiger partial charge in [0.05, 0.1) is 13.0 Å². The maximum atomic E-state index is 12.2. The van der Waals surface area contributed by atoms with Crippen molar-refractivity contribution < 1.29 is 14.3 Å². The molecule has 1 aliphatic rings. The minimum Gasteiger partial charge on any atom is -0.469 e. The van der Waals surface area contributed by atoms with Crippen LogP contribution in [0.3, 0.4) is 0 Å². The normalized spacial score (nSPS) is 16.0. The van der Waals surface area contributed by atoms with Gasteiger partial charge in [-0.1, -0.05) is 0 Å². The van der Waals surface area contributed by atoms with Crippen molar-refractivity contribution in [2.75, 3.05) is 20.2 Å². The van der Waals surface area contributed by atoms with Crippen molar-refractivity contribution in [2.45, 2.75) is 12.8 Å². The lowest BCUT2D eigenvalue weighted by Crippen LogP contribution is -2.41. The van der Waals surface area contributed by atoms with E-state index in [9.17, 15) is 14.4 Å². The molecule has 2 heterocycles. The van der Waals surface area contributed by atoms with Gasteiger partial charge in [-0.25, -0.2) is 4.68 Å². The van der Waals surface area contributed by atoms with Crippen molar-refractivity contribution >= 4 is 11.9 Å². The molecule has 0 radical (unpaired) electrons. The molecule has 1 fully saturated rings. The van der Waals surface area contributed by atoms with Gasteiger partial charge in [0.15, 0.2) is 0 Å². The number of carbonyl (C=O) groups is 2. The number of likely N-dealkylation sites (tertiary alicyclic amines) is 1. The SMILES string of the molecule is COC(=O)C1CCN(C(=O)c2ccc(=O)n(C)n2)CC1. The average Bonchev–Trinajstić information content (AvgIpc) is 2.48. The molecule has 1 aromatic rings. The molecule has 7 nitrogen and oxygen atoms in total. The summed E-state index contributed by atoms with van der Waals surface area (Å²) in [6, 6.07) is 2.75. The van der Waals surface area contributed by atoms with Crippen molar-refractivity contribution in [1.29, 1.82) is 0 Å². The Hall–Kier alpha value is -2.18. The predicted octanol–water partition coefficient (Wildman–Crippen LogP) is -0.195. The summed E-state index contributed by atoms with van der Waals surface area (Å²) in [5.41, 5.74) is -0.0189. The number of piperidine rings is 1. The molecule has 0 saturated carbocycles. The van der Waals surface area contributed by atoms with E-state index in [0.717, 1.165) is 4.68 Å². The van der Waals surface area contributed by atoms with Gasteiger partial charge in [-0.15, -0.1) is 0 Å². The third kappa shape index (κ3) is 2.87. The second-order valence-electron chi connectivity index (χ2n) is 4.77. The van der Waals surface area contributed by atoms with Crippen LogP contribution in [0.5, 0.6) is 0 Å². The Labute approximate surface area is 116 Å². The van der Waals surface area contributed by atoms with Crippen LogP contribution in [0.15, 0.2) is 16.9 Å². The van der Waals surface area contributed by atoms with Crippen LogP contribution in [0.2, 0.25) is 0 Å². The van der Waals surface area contributed by atoms with E-state index in [-0.39, 0.29) is 29.0 Å². The van der Waals surface area contributed by atoms with Crippen LogP contribution in [0.25, 0.3) is 0 Å². The van der Waals surface area contributed by atoms with Crippen molar-refractivity contribution in [1.82, 2.24) is 14.7 Å². The molecule has 0 aromatic carbocycles. The Morgan fingerprint density at radius 1 is 1.30 bits per heavy atom. The molecule has 1 amide bonds. The number of ether oxygens (including phenoxy) is 1. The monoisotopic (exact) mass is 279 g/mol. The number of rotatable bonds is 2. The molecule has 0 aliphatic carbocycles. The van der Waals surface area contributed by atoms with E-state index in [2.05, 4.69) is 5.10 Å². The fraction of sp³-hybridized carbons (Fsp3) is 0.538. The second-order valence-corrected chi connectivity index (χ2v) is 4.77. The van der Waals surface area contributed by atoms with Gasteiger partial charge in [0.25, 0.3) is 11.5 Å². The maximum Gasteiger partial charge on any atom is 0.308 e. The number of carbonyl (C=O) groups excluding carboxylic acids is 2. The molecule has 0 N–H and O–H groups in total. The lowest BCUT2D eigenvalue weighted by atomic mass is 9.97. The van der Waals surface area contributed by atoms with Gasteiger partial charge in [-0.05, 0) is 18.9 Å². The lowest BCUT2D eigenvalue weighted by Gasteiger charge is -2.30. The first-order valence-electron chi connectivity index (χ1n) is 6.44. The van der Waals surface area contributed by atoms with Gasteiger partial charge in [-0.3, -0.25) is 14.4 Å². The predicted molar refractivity (Wildman–Crippen MR) is 70.1 cm³/mol. The van der Waals surface area contributed by atoms with Gasteiger partial charge >= 0.3 is 5.97 Å². The summed E-state index contributed by atoms with van der Waals surface area (Å²) in [6.07, 6.45) is 1.17. The molecule has 0 bridgehead atoms. The Bertz CT molecular complexity index is 573. The number of aryl methyl sites for hydroxylation is 1. The molecule has 0 atom stereocenters. The first kappa shape index (κ1) is 14.2. The zero-order chi connectivity index (χ0) is 14.7. The van der Waals surface area contributed by atoms with Gasteiger partial charge in [0, 0.05) is 26.2 Å². The summed E-state index contributed by atoms with van der Waals surface area (Å²) >= 11 is 0. The fourth-order valence-electron chi connectivity index (χ4n) is 2.26. The molecule has 7 heteroatoms. The van der Waals surface area contributed by atoms with Gasteiger partial charge < -0.3 is 9.64 Å².